The lowest BCUT2D eigenvalue weighted by molar-refractivity contribution is -0.121. The van der Waals surface area contributed by atoms with Crippen LogP contribution in [0.5, 0.6) is 0 Å². The van der Waals surface area contributed by atoms with Gasteiger partial charge in [-0.05, 0) is 51.9 Å². The van der Waals surface area contributed by atoms with Gasteiger partial charge in [0.2, 0.25) is 5.91 Å². The highest BCUT2D eigenvalue weighted by Gasteiger charge is 2.26. The van der Waals surface area contributed by atoms with Gasteiger partial charge in [0.1, 0.15) is 11.6 Å². The van der Waals surface area contributed by atoms with Crippen molar-refractivity contribution < 1.29 is 9.32 Å². The summed E-state index contributed by atoms with van der Waals surface area (Å²) in [6.45, 7) is 5.14. The molecule has 1 N–H and O–H groups in total. The normalized spacial score (nSPS) is 19.6. The molecular weight excluding hydrogens is 346 g/mol. The zero-order valence-corrected chi connectivity index (χ0v) is 16.0. The molecule has 27 heavy (non-hydrogen) atoms. The van der Waals surface area contributed by atoms with Crippen molar-refractivity contribution in [2.45, 2.75) is 77.9 Å². The standard InChI is InChI=1S/C19H27N5O3/c1-12-16(13(2)27-22-12)6-8-18(25)20-15-5-7-17-21-24(11-14-3-4-14)19(26)23(17)10-9-15/h14-15H,3-11H2,1-2H3,(H,20,25). The van der Waals surface area contributed by atoms with Crippen LogP contribution in [0.4, 0.5) is 0 Å². The van der Waals surface area contributed by atoms with Gasteiger partial charge in [-0.25, -0.2) is 9.48 Å². The van der Waals surface area contributed by atoms with Gasteiger partial charge >= 0.3 is 5.69 Å². The van der Waals surface area contributed by atoms with Crippen molar-refractivity contribution in [3.05, 3.63) is 33.3 Å². The van der Waals surface area contributed by atoms with Crippen LogP contribution in [0.3, 0.4) is 0 Å². The quantitative estimate of drug-likeness (QED) is 0.828. The smallest absolute Gasteiger partial charge is 0.345 e. The molecule has 146 valence electrons. The van der Waals surface area contributed by atoms with Crippen LogP contribution in [0.15, 0.2) is 9.32 Å². The molecule has 0 radical (unpaired) electrons. The topological polar surface area (TPSA) is 95.0 Å². The molecular formula is C19H27N5O3. The van der Waals surface area contributed by atoms with E-state index in [1.54, 1.807) is 9.25 Å². The fraction of sp³-hybridized carbons (Fsp3) is 0.684. The lowest BCUT2D eigenvalue weighted by Crippen LogP contribution is -2.36. The van der Waals surface area contributed by atoms with E-state index in [9.17, 15) is 9.59 Å². The molecule has 0 saturated heterocycles. The molecule has 1 aliphatic carbocycles. The summed E-state index contributed by atoms with van der Waals surface area (Å²) in [4.78, 5) is 24.9. The molecule has 4 rings (SSSR count). The van der Waals surface area contributed by atoms with E-state index in [2.05, 4.69) is 15.6 Å². The molecule has 8 nitrogen and oxygen atoms in total. The fourth-order valence-electron chi connectivity index (χ4n) is 3.83. The summed E-state index contributed by atoms with van der Waals surface area (Å²) in [6, 6.07) is 0.0835. The maximum Gasteiger partial charge on any atom is 0.345 e. The summed E-state index contributed by atoms with van der Waals surface area (Å²) >= 11 is 0. The number of hydrogen-bond donors (Lipinski definition) is 1. The predicted octanol–water partition coefficient (Wildman–Crippen LogP) is 1.51. The minimum atomic E-state index is 0.00212. The molecule has 1 atom stereocenters. The number of fused-ring (bicyclic) bond motifs is 1. The third kappa shape index (κ3) is 3.99. The van der Waals surface area contributed by atoms with Crippen LogP contribution in [0.2, 0.25) is 0 Å². The summed E-state index contributed by atoms with van der Waals surface area (Å²) in [7, 11) is 0. The Morgan fingerprint density at radius 1 is 1.26 bits per heavy atom. The number of nitrogens with zero attached hydrogens (tertiary/aromatic N) is 4. The SMILES string of the molecule is Cc1noc(C)c1CCC(=O)NC1CCc2nn(CC3CC3)c(=O)n2CC1. The van der Waals surface area contributed by atoms with Crippen molar-refractivity contribution >= 4 is 5.91 Å². The number of amides is 1. The monoisotopic (exact) mass is 373 g/mol. The van der Waals surface area contributed by atoms with Crippen LogP contribution in [0.25, 0.3) is 0 Å². The molecule has 0 bridgehead atoms. The lowest BCUT2D eigenvalue weighted by atomic mass is 10.1. The van der Waals surface area contributed by atoms with E-state index >= 15 is 0 Å². The Balaban J connectivity index is 1.31. The highest BCUT2D eigenvalue weighted by Crippen LogP contribution is 2.30. The van der Waals surface area contributed by atoms with E-state index in [-0.39, 0.29) is 17.6 Å². The molecule has 1 aliphatic heterocycles. The van der Waals surface area contributed by atoms with Gasteiger partial charge in [0, 0.05) is 37.5 Å². The van der Waals surface area contributed by atoms with Crippen LogP contribution < -0.4 is 11.0 Å². The number of carbonyl (C=O) groups is 1. The molecule has 3 heterocycles. The number of rotatable bonds is 6. The van der Waals surface area contributed by atoms with Gasteiger partial charge < -0.3 is 9.84 Å². The molecule has 2 aromatic rings. The molecule has 0 spiro atoms. The van der Waals surface area contributed by atoms with Gasteiger partial charge in [0.15, 0.2) is 0 Å². The predicted molar refractivity (Wildman–Crippen MR) is 98.4 cm³/mol. The highest BCUT2D eigenvalue weighted by molar-refractivity contribution is 5.76. The highest BCUT2D eigenvalue weighted by atomic mass is 16.5. The molecule has 1 amide bonds. The van der Waals surface area contributed by atoms with Crippen molar-refractivity contribution in [1.29, 1.82) is 0 Å². The van der Waals surface area contributed by atoms with E-state index < -0.39 is 0 Å². The number of aryl methyl sites for hydroxylation is 3. The Kier molecular flexibility index (Phi) is 4.88. The first-order chi connectivity index (χ1) is 13.0. The van der Waals surface area contributed by atoms with Crippen LogP contribution in [0, 0.1) is 19.8 Å². The van der Waals surface area contributed by atoms with E-state index in [1.165, 1.54) is 12.8 Å². The average molecular weight is 373 g/mol. The summed E-state index contributed by atoms with van der Waals surface area (Å²) in [5.74, 6) is 2.30. The molecule has 1 saturated carbocycles. The minimum absolute atomic E-state index is 0.00212. The van der Waals surface area contributed by atoms with Gasteiger partial charge in [0.05, 0.1) is 5.69 Å². The Morgan fingerprint density at radius 2 is 2.07 bits per heavy atom. The number of carbonyl (C=O) groups excluding carboxylic acids is 1. The van der Waals surface area contributed by atoms with Crippen molar-refractivity contribution in [2.24, 2.45) is 5.92 Å². The summed E-state index contributed by atoms with van der Waals surface area (Å²) < 4.78 is 8.57. The molecule has 1 unspecified atom stereocenters. The van der Waals surface area contributed by atoms with Gasteiger partial charge in [-0.2, -0.15) is 5.10 Å². The van der Waals surface area contributed by atoms with Gasteiger partial charge in [0.25, 0.3) is 0 Å². The van der Waals surface area contributed by atoms with Crippen LogP contribution in [-0.2, 0) is 30.7 Å². The maximum absolute atomic E-state index is 12.5. The molecule has 8 heteroatoms. The Bertz CT molecular complexity index is 870. The summed E-state index contributed by atoms with van der Waals surface area (Å²) in [5.41, 5.74) is 1.87. The van der Waals surface area contributed by atoms with Crippen LogP contribution >= 0.6 is 0 Å². The first-order valence-electron chi connectivity index (χ1n) is 9.89. The number of hydrogen-bond acceptors (Lipinski definition) is 5. The molecule has 1 fully saturated rings. The molecule has 0 aromatic carbocycles. The average Bonchev–Trinajstić information content (AvgIpc) is 3.37. The van der Waals surface area contributed by atoms with E-state index in [4.69, 9.17) is 4.52 Å². The van der Waals surface area contributed by atoms with Gasteiger partial charge in [-0.1, -0.05) is 5.16 Å². The van der Waals surface area contributed by atoms with E-state index in [0.29, 0.717) is 25.3 Å². The van der Waals surface area contributed by atoms with Crippen LogP contribution in [0.1, 0.15) is 54.9 Å². The number of nitrogens with one attached hydrogen (secondary N) is 1. The molecule has 2 aromatic heterocycles. The zero-order valence-electron chi connectivity index (χ0n) is 16.0. The van der Waals surface area contributed by atoms with Crippen molar-refractivity contribution in [2.75, 3.05) is 0 Å². The minimum Gasteiger partial charge on any atom is -0.361 e. The number of aromatic nitrogens is 4. The van der Waals surface area contributed by atoms with Crippen LogP contribution in [-0.4, -0.2) is 31.5 Å². The fourth-order valence-corrected chi connectivity index (χ4v) is 3.83. The Labute approximate surface area is 157 Å². The lowest BCUT2D eigenvalue weighted by Gasteiger charge is -2.16. The van der Waals surface area contributed by atoms with Gasteiger partial charge in [-0.15, -0.1) is 0 Å². The van der Waals surface area contributed by atoms with Gasteiger partial charge in [-0.3, -0.25) is 9.36 Å². The van der Waals surface area contributed by atoms with Crippen molar-refractivity contribution in [1.82, 2.24) is 24.8 Å². The second-order valence-corrected chi connectivity index (χ2v) is 7.87. The maximum atomic E-state index is 12.5. The molecule has 2 aliphatic rings. The van der Waals surface area contributed by atoms with Crippen molar-refractivity contribution in [3.8, 4) is 0 Å². The van der Waals surface area contributed by atoms with E-state index in [0.717, 1.165) is 48.6 Å². The third-order valence-electron chi connectivity index (χ3n) is 5.69. The summed E-state index contributed by atoms with van der Waals surface area (Å²) in [6.07, 6.45) is 5.76. The second-order valence-electron chi connectivity index (χ2n) is 7.87. The Morgan fingerprint density at radius 3 is 2.78 bits per heavy atom. The van der Waals surface area contributed by atoms with E-state index in [1.807, 2.05) is 13.8 Å². The zero-order chi connectivity index (χ0) is 19.0. The largest absolute Gasteiger partial charge is 0.361 e. The Hall–Kier alpha value is -2.38. The first kappa shape index (κ1) is 18.0. The first-order valence-corrected chi connectivity index (χ1v) is 9.89. The second kappa shape index (κ2) is 7.32. The summed E-state index contributed by atoms with van der Waals surface area (Å²) in [5, 5.41) is 11.6. The van der Waals surface area contributed by atoms with Crippen molar-refractivity contribution in [3.63, 3.8) is 0 Å². The third-order valence-corrected chi connectivity index (χ3v) is 5.69.